The highest BCUT2D eigenvalue weighted by atomic mass is 16.4. The average Bonchev–Trinajstić information content (AvgIpc) is 3.11. The smallest absolute Gasteiger partial charge is 0.326 e. The number of nitrogens with zero attached hydrogens (tertiary/aromatic N) is 1. The monoisotopic (exact) mass is 283 g/mol. The van der Waals surface area contributed by atoms with Gasteiger partial charge in [0, 0.05) is 19.0 Å². The van der Waals surface area contributed by atoms with E-state index < -0.39 is 36.2 Å². The molecule has 2 atom stereocenters. The standard InChI is InChI=1S/C12H17N3O5/c13-9(16)4-8(12(19)20)14-11(18)6-3-10(17)15(5-6)7-1-2-7/h6-8H,1-5H2,(H2,13,16)(H,14,18)(H,19,20)/t6?,8-/m0/s1. The molecular weight excluding hydrogens is 266 g/mol. The second-order valence-electron chi connectivity index (χ2n) is 5.25. The molecule has 0 aromatic carbocycles. The molecule has 1 aliphatic carbocycles. The van der Waals surface area contributed by atoms with Crippen LogP contribution in [0.2, 0.25) is 0 Å². The number of carboxylic acid groups (broad SMARTS) is 1. The number of aliphatic carboxylic acids is 1. The summed E-state index contributed by atoms with van der Waals surface area (Å²) in [6.45, 7) is 0.318. The lowest BCUT2D eigenvalue weighted by atomic mass is 10.1. The minimum absolute atomic E-state index is 0.0746. The Morgan fingerprint density at radius 3 is 2.55 bits per heavy atom. The number of nitrogens with one attached hydrogen (secondary N) is 1. The molecule has 2 rings (SSSR count). The zero-order valence-electron chi connectivity index (χ0n) is 10.9. The lowest BCUT2D eigenvalue weighted by molar-refractivity contribution is -0.143. The number of likely N-dealkylation sites (tertiary alicyclic amines) is 1. The Labute approximate surface area is 115 Å². The van der Waals surface area contributed by atoms with E-state index in [1.807, 2.05) is 0 Å². The van der Waals surface area contributed by atoms with Gasteiger partial charge >= 0.3 is 5.97 Å². The minimum atomic E-state index is -1.34. The van der Waals surface area contributed by atoms with Gasteiger partial charge in [0.15, 0.2) is 0 Å². The van der Waals surface area contributed by atoms with E-state index in [0.717, 1.165) is 12.8 Å². The molecule has 0 bridgehead atoms. The number of carbonyl (C=O) groups excluding carboxylic acids is 3. The number of carbonyl (C=O) groups is 4. The van der Waals surface area contributed by atoms with Gasteiger partial charge in [-0.3, -0.25) is 14.4 Å². The Bertz CT molecular complexity index is 460. The van der Waals surface area contributed by atoms with E-state index in [-0.39, 0.29) is 18.4 Å². The van der Waals surface area contributed by atoms with Crippen LogP contribution >= 0.6 is 0 Å². The van der Waals surface area contributed by atoms with Gasteiger partial charge in [0.2, 0.25) is 17.7 Å². The van der Waals surface area contributed by atoms with Crippen molar-refractivity contribution in [3.05, 3.63) is 0 Å². The summed E-state index contributed by atoms with van der Waals surface area (Å²) in [6.07, 6.45) is 1.54. The lowest BCUT2D eigenvalue weighted by Crippen LogP contribution is -2.46. The maximum absolute atomic E-state index is 12.0. The number of nitrogens with two attached hydrogens (primary N) is 1. The molecule has 20 heavy (non-hydrogen) atoms. The van der Waals surface area contributed by atoms with Crippen LogP contribution in [0.4, 0.5) is 0 Å². The van der Waals surface area contributed by atoms with Gasteiger partial charge in [0.25, 0.3) is 0 Å². The van der Waals surface area contributed by atoms with E-state index >= 15 is 0 Å². The van der Waals surface area contributed by atoms with Crippen molar-refractivity contribution < 1.29 is 24.3 Å². The van der Waals surface area contributed by atoms with Crippen molar-refractivity contribution in [2.45, 2.75) is 37.8 Å². The average molecular weight is 283 g/mol. The molecule has 0 radical (unpaired) electrons. The number of carboxylic acids is 1. The van der Waals surface area contributed by atoms with Gasteiger partial charge in [-0.1, -0.05) is 0 Å². The maximum atomic E-state index is 12.0. The molecule has 2 fully saturated rings. The van der Waals surface area contributed by atoms with Gasteiger partial charge in [0.1, 0.15) is 6.04 Å². The summed E-state index contributed by atoms with van der Waals surface area (Å²) in [7, 11) is 0. The molecule has 1 aliphatic heterocycles. The molecule has 110 valence electrons. The fourth-order valence-electron chi connectivity index (χ4n) is 2.34. The highest BCUT2D eigenvalue weighted by Crippen LogP contribution is 2.32. The second kappa shape index (κ2) is 5.48. The number of primary amides is 1. The van der Waals surface area contributed by atoms with Gasteiger partial charge in [-0.25, -0.2) is 4.79 Å². The van der Waals surface area contributed by atoms with Crippen LogP contribution in [0.1, 0.15) is 25.7 Å². The maximum Gasteiger partial charge on any atom is 0.326 e. The first-order valence-electron chi connectivity index (χ1n) is 6.49. The summed E-state index contributed by atoms with van der Waals surface area (Å²) in [4.78, 5) is 47.1. The molecule has 4 N–H and O–H groups in total. The molecule has 1 saturated heterocycles. The van der Waals surface area contributed by atoms with Gasteiger partial charge in [-0.15, -0.1) is 0 Å². The Hall–Kier alpha value is -2.12. The predicted octanol–water partition coefficient (Wildman–Crippen LogP) is -1.56. The topological polar surface area (TPSA) is 130 Å². The zero-order chi connectivity index (χ0) is 14.9. The van der Waals surface area contributed by atoms with E-state index in [0.29, 0.717) is 6.54 Å². The highest BCUT2D eigenvalue weighted by Gasteiger charge is 2.42. The lowest BCUT2D eigenvalue weighted by Gasteiger charge is -2.17. The molecule has 8 heteroatoms. The van der Waals surface area contributed by atoms with Crippen LogP contribution in [0.3, 0.4) is 0 Å². The first-order chi connectivity index (χ1) is 9.38. The van der Waals surface area contributed by atoms with Crippen LogP contribution in [-0.4, -0.2) is 52.3 Å². The Morgan fingerprint density at radius 1 is 1.40 bits per heavy atom. The number of amides is 3. The molecule has 0 aromatic heterocycles. The van der Waals surface area contributed by atoms with Crippen molar-refractivity contribution in [1.82, 2.24) is 10.2 Å². The van der Waals surface area contributed by atoms with E-state index in [4.69, 9.17) is 10.8 Å². The predicted molar refractivity (Wildman–Crippen MR) is 66.2 cm³/mol. The fourth-order valence-corrected chi connectivity index (χ4v) is 2.34. The largest absolute Gasteiger partial charge is 0.480 e. The van der Waals surface area contributed by atoms with Gasteiger partial charge in [-0.05, 0) is 12.8 Å². The molecule has 2 aliphatic rings. The quantitative estimate of drug-likeness (QED) is 0.543. The Balaban J connectivity index is 1.92. The summed E-state index contributed by atoms with van der Waals surface area (Å²) in [6, 6.07) is -1.11. The summed E-state index contributed by atoms with van der Waals surface area (Å²) in [5.41, 5.74) is 4.94. The van der Waals surface area contributed by atoms with E-state index in [2.05, 4.69) is 5.32 Å². The van der Waals surface area contributed by atoms with Crippen LogP contribution in [0, 0.1) is 5.92 Å². The molecule has 0 aromatic rings. The summed E-state index contributed by atoms with van der Waals surface area (Å²) >= 11 is 0. The normalized spacial score (nSPS) is 23.5. The SMILES string of the molecule is NC(=O)C[C@H](NC(=O)C1CC(=O)N(C2CC2)C1)C(=O)O. The van der Waals surface area contributed by atoms with Crippen LogP contribution in [-0.2, 0) is 19.2 Å². The molecule has 1 heterocycles. The van der Waals surface area contributed by atoms with Crippen LogP contribution < -0.4 is 11.1 Å². The van der Waals surface area contributed by atoms with Gasteiger partial charge in [0.05, 0.1) is 12.3 Å². The molecule has 3 amide bonds. The molecule has 8 nitrogen and oxygen atoms in total. The van der Waals surface area contributed by atoms with Crippen molar-refractivity contribution in [3.63, 3.8) is 0 Å². The Kier molecular flexibility index (Phi) is 3.91. The third-order valence-corrected chi connectivity index (χ3v) is 3.54. The first kappa shape index (κ1) is 14.3. The van der Waals surface area contributed by atoms with Crippen LogP contribution in [0.5, 0.6) is 0 Å². The van der Waals surface area contributed by atoms with Crippen molar-refractivity contribution >= 4 is 23.7 Å². The van der Waals surface area contributed by atoms with E-state index in [9.17, 15) is 19.2 Å². The van der Waals surface area contributed by atoms with Crippen LogP contribution in [0.15, 0.2) is 0 Å². The van der Waals surface area contributed by atoms with Gasteiger partial charge < -0.3 is 21.1 Å². The molecule has 0 spiro atoms. The van der Waals surface area contributed by atoms with Crippen molar-refractivity contribution in [2.24, 2.45) is 11.7 Å². The van der Waals surface area contributed by atoms with Gasteiger partial charge in [-0.2, -0.15) is 0 Å². The van der Waals surface area contributed by atoms with Crippen molar-refractivity contribution in [1.29, 1.82) is 0 Å². The van der Waals surface area contributed by atoms with E-state index in [1.54, 1.807) is 4.90 Å². The summed E-state index contributed by atoms with van der Waals surface area (Å²) in [5.74, 6) is -3.28. The fraction of sp³-hybridized carbons (Fsp3) is 0.667. The highest BCUT2D eigenvalue weighted by molar-refractivity contribution is 5.92. The third-order valence-electron chi connectivity index (χ3n) is 3.54. The van der Waals surface area contributed by atoms with E-state index in [1.165, 1.54) is 0 Å². The van der Waals surface area contributed by atoms with Crippen LogP contribution in [0.25, 0.3) is 0 Å². The minimum Gasteiger partial charge on any atom is -0.480 e. The third kappa shape index (κ3) is 3.25. The summed E-state index contributed by atoms with van der Waals surface area (Å²) < 4.78 is 0. The molecular formula is C12H17N3O5. The van der Waals surface area contributed by atoms with Crippen molar-refractivity contribution in [3.8, 4) is 0 Å². The number of hydrogen-bond donors (Lipinski definition) is 3. The zero-order valence-corrected chi connectivity index (χ0v) is 10.9. The summed E-state index contributed by atoms with van der Waals surface area (Å²) in [5, 5.41) is 11.2. The number of rotatable bonds is 6. The Morgan fingerprint density at radius 2 is 2.05 bits per heavy atom. The number of hydrogen-bond acceptors (Lipinski definition) is 4. The molecule has 1 saturated carbocycles. The van der Waals surface area contributed by atoms with Crippen molar-refractivity contribution in [2.75, 3.05) is 6.54 Å². The second-order valence-corrected chi connectivity index (χ2v) is 5.25. The molecule has 1 unspecified atom stereocenters. The first-order valence-corrected chi connectivity index (χ1v) is 6.49.